The van der Waals surface area contributed by atoms with E-state index in [-0.39, 0.29) is 0 Å². The molecule has 0 aliphatic carbocycles. The monoisotopic (exact) mass is 235 g/mol. The van der Waals surface area contributed by atoms with E-state index < -0.39 is 0 Å². The molecular formula is C13H17NOS. The molecular weight excluding hydrogens is 218 g/mol. The van der Waals surface area contributed by atoms with Crippen LogP contribution in [0.1, 0.15) is 23.6 Å². The molecule has 0 bridgehead atoms. The van der Waals surface area contributed by atoms with Crippen LogP contribution in [0.25, 0.3) is 0 Å². The molecule has 2 aliphatic rings. The number of thioether (sulfide) groups is 1. The SMILES string of the molecule is c1ccc2c(c1)COCC2NC1CCSC1. The summed E-state index contributed by atoms with van der Waals surface area (Å²) in [7, 11) is 0. The summed E-state index contributed by atoms with van der Waals surface area (Å²) in [6, 6.07) is 9.70. The topological polar surface area (TPSA) is 21.3 Å². The van der Waals surface area contributed by atoms with E-state index in [1.807, 2.05) is 11.8 Å². The van der Waals surface area contributed by atoms with Crippen LogP contribution in [0.4, 0.5) is 0 Å². The van der Waals surface area contributed by atoms with Crippen molar-refractivity contribution < 1.29 is 4.74 Å². The Labute approximate surface area is 101 Å². The fraction of sp³-hybridized carbons (Fsp3) is 0.538. The van der Waals surface area contributed by atoms with Gasteiger partial charge in [0.1, 0.15) is 0 Å². The largest absolute Gasteiger partial charge is 0.375 e. The van der Waals surface area contributed by atoms with Gasteiger partial charge in [-0.05, 0) is 23.3 Å². The summed E-state index contributed by atoms with van der Waals surface area (Å²) in [5.74, 6) is 2.55. The third-order valence-corrected chi connectivity index (χ3v) is 4.50. The van der Waals surface area contributed by atoms with Crippen LogP contribution in [0.15, 0.2) is 24.3 Å². The summed E-state index contributed by atoms with van der Waals surface area (Å²) in [5, 5.41) is 3.73. The Morgan fingerprint density at radius 2 is 2.25 bits per heavy atom. The maximum absolute atomic E-state index is 5.65. The molecule has 0 amide bonds. The second kappa shape index (κ2) is 4.78. The van der Waals surface area contributed by atoms with E-state index >= 15 is 0 Å². The highest BCUT2D eigenvalue weighted by Gasteiger charge is 2.24. The number of benzene rings is 1. The van der Waals surface area contributed by atoms with Gasteiger partial charge in [0.25, 0.3) is 0 Å². The molecule has 2 aliphatic heterocycles. The third-order valence-electron chi connectivity index (χ3n) is 3.34. The van der Waals surface area contributed by atoms with Gasteiger partial charge >= 0.3 is 0 Å². The van der Waals surface area contributed by atoms with Crippen LogP contribution in [0, 0.1) is 0 Å². The summed E-state index contributed by atoms with van der Waals surface area (Å²) in [6.07, 6.45) is 1.29. The number of hydrogen-bond donors (Lipinski definition) is 1. The van der Waals surface area contributed by atoms with Crippen molar-refractivity contribution in [1.29, 1.82) is 0 Å². The predicted octanol–water partition coefficient (Wildman–Crippen LogP) is 2.35. The Balaban J connectivity index is 1.76. The van der Waals surface area contributed by atoms with Crippen LogP contribution >= 0.6 is 11.8 Å². The van der Waals surface area contributed by atoms with Crippen molar-refractivity contribution in [2.24, 2.45) is 0 Å². The zero-order chi connectivity index (χ0) is 10.8. The standard InChI is InChI=1S/C13H17NOS/c1-2-4-12-10(3-1)7-15-8-13(12)14-11-5-6-16-9-11/h1-4,11,13-14H,5-9H2. The molecule has 2 nitrogen and oxygen atoms in total. The van der Waals surface area contributed by atoms with Gasteiger partial charge in [-0.1, -0.05) is 24.3 Å². The van der Waals surface area contributed by atoms with Gasteiger partial charge < -0.3 is 10.1 Å². The number of ether oxygens (including phenoxy) is 1. The zero-order valence-corrected chi connectivity index (χ0v) is 10.1. The molecule has 16 heavy (non-hydrogen) atoms. The van der Waals surface area contributed by atoms with Crippen LogP contribution in [-0.4, -0.2) is 24.2 Å². The molecule has 2 atom stereocenters. The van der Waals surface area contributed by atoms with Crippen molar-refractivity contribution in [3.8, 4) is 0 Å². The van der Waals surface area contributed by atoms with Gasteiger partial charge in [0.05, 0.1) is 19.3 Å². The molecule has 1 fully saturated rings. The first-order valence-electron chi connectivity index (χ1n) is 5.93. The highest BCUT2D eigenvalue weighted by molar-refractivity contribution is 7.99. The molecule has 0 radical (unpaired) electrons. The number of fused-ring (bicyclic) bond motifs is 1. The van der Waals surface area contributed by atoms with Crippen molar-refractivity contribution in [3.63, 3.8) is 0 Å². The first-order chi connectivity index (χ1) is 7.93. The Morgan fingerprint density at radius 1 is 1.31 bits per heavy atom. The van der Waals surface area contributed by atoms with E-state index in [9.17, 15) is 0 Å². The van der Waals surface area contributed by atoms with Gasteiger partial charge in [0, 0.05) is 11.8 Å². The van der Waals surface area contributed by atoms with E-state index in [1.165, 1.54) is 29.1 Å². The van der Waals surface area contributed by atoms with Crippen LogP contribution < -0.4 is 5.32 Å². The molecule has 2 unspecified atom stereocenters. The van der Waals surface area contributed by atoms with Crippen molar-refractivity contribution >= 4 is 11.8 Å². The minimum absolute atomic E-state index is 0.397. The molecule has 86 valence electrons. The smallest absolute Gasteiger partial charge is 0.0721 e. The molecule has 3 rings (SSSR count). The molecule has 0 saturated carbocycles. The minimum Gasteiger partial charge on any atom is -0.375 e. The predicted molar refractivity (Wildman–Crippen MR) is 67.7 cm³/mol. The Morgan fingerprint density at radius 3 is 3.12 bits per heavy atom. The van der Waals surface area contributed by atoms with Crippen LogP contribution in [0.2, 0.25) is 0 Å². The van der Waals surface area contributed by atoms with Crippen molar-refractivity contribution in [2.45, 2.75) is 25.1 Å². The zero-order valence-electron chi connectivity index (χ0n) is 9.32. The third kappa shape index (κ3) is 2.12. The van der Waals surface area contributed by atoms with Crippen molar-refractivity contribution in [2.75, 3.05) is 18.1 Å². The molecule has 2 heterocycles. The lowest BCUT2D eigenvalue weighted by Crippen LogP contribution is -2.37. The maximum atomic E-state index is 5.65. The summed E-state index contributed by atoms with van der Waals surface area (Å²) in [5.41, 5.74) is 2.78. The average molecular weight is 235 g/mol. The van der Waals surface area contributed by atoms with Gasteiger partial charge in [-0.2, -0.15) is 11.8 Å². The van der Waals surface area contributed by atoms with E-state index in [0.29, 0.717) is 12.1 Å². The normalized spacial score (nSPS) is 29.0. The fourth-order valence-electron chi connectivity index (χ4n) is 2.47. The van der Waals surface area contributed by atoms with Gasteiger partial charge in [0.2, 0.25) is 0 Å². The lowest BCUT2D eigenvalue weighted by atomic mass is 9.98. The molecule has 0 aromatic heterocycles. The molecule has 3 heteroatoms. The first-order valence-corrected chi connectivity index (χ1v) is 7.08. The number of rotatable bonds is 2. The van der Waals surface area contributed by atoms with Crippen LogP contribution in [0.3, 0.4) is 0 Å². The van der Waals surface area contributed by atoms with Crippen molar-refractivity contribution in [1.82, 2.24) is 5.32 Å². The average Bonchev–Trinajstić information content (AvgIpc) is 2.82. The number of hydrogen-bond acceptors (Lipinski definition) is 3. The summed E-state index contributed by atoms with van der Waals surface area (Å²) < 4.78 is 5.65. The second-order valence-electron chi connectivity index (χ2n) is 4.49. The summed E-state index contributed by atoms with van der Waals surface area (Å²) in [6.45, 7) is 1.59. The lowest BCUT2D eigenvalue weighted by Gasteiger charge is -2.28. The van der Waals surface area contributed by atoms with Gasteiger partial charge in [-0.25, -0.2) is 0 Å². The van der Waals surface area contributed by atoms with Gasteiger partial charge in [-0.15, -0.1) is 0 Å². The van der Waals surface area contributed by atoms with E-state index in [2.05, 4.69) is 29.6 Å². The highest BCUT2D eigenvalue weighted by Crippen LogP contribution is 2.27. The van der Waals surface area contributed by atoms with Crippen LogP contribution in [0.5, 0.6) is 0 Å². The quantitative estimate of drug-likeness (QED) is 0.850. The fourth-order valence-corrected chi connectivity index (χ4v) is 3.64. The highest BCUT2D eigenvalue weighted by atomic mass is 32.2. The van der Waals surface area contributed by atoms with E-state index in [0.717, 1.165) is 13.2 Å². The molecule has 1 N–H and O–H groups in total. The second-order valence-corrected chi connectivity index (χ2v) is 5.64. The lowest BCUT2D eigenvalue weighted by molar-refractivity contribution is 0.0794. The van der Waals surface area contributed by atoms with Gasteiger partial charge in [-0.3, -0.25) is 0 Å². The van der Waals surface area contributed by atoms with Crippen LogP contribution in [-0.2, 0) is 11.3 Å². The van der Waals surface area contributed by atoms with Gasteiger partial charge in [0.15, 0.2) is 0 Å². The Bertz CT molecular complexity index is 363. The molecule has 0 spiro atoms. The minimum atomic E-state index is 0.397. The van der Waals surface area contributed by atoms with Crippen molar-refractivity contribution in [3.05, 3.63) is 35.4 Å². The van der Waals surface area contributed by atoms with E-state index in [1.54, 1.807) is 0 Å². The molecule has 1 aromatic rings. The summed E-state index contributed by atoms with van der Waals surface area (Å²) >= 11 is 2.05. The number of nitrogens with one attached hydrogen (secondary N) is 1. The first kappa shape index (κ1) is 10.6. The molecule has 1 saturated heterocycles. The van der Waals surface area contributed by atoms with E-state index in [4.69, 9.17) is 4.74 Å². The molecule has 1 aromatic carbocycles. The Hall–Kier alpha value is -0.510. The Kier molecular flexibility index (Phi) is 3.18. The summed E-state index contributed by atoms with van der Waals surface area (Å²) in [4.78, 5) is 0. The maximum Gasteiger partial charge on any atom is 0.0721 e.